The molecule has 0 spiro atoms. The Kier molecular flexibility index (Phi) is 5.56. The SMILES string of the molecule is NC(=O)c1ccnc(-c2ccc(C(N)CCNc3ccccc3)cn2)c1. The average molecular weight is 347 g/mol. The van der Waals surface area contributed by atoms with Crippen molar-refractivity contribution < 1.29 is 4.79 Å². The zero-order valence-electron chi connectivity index (χ0n) is 14.3. The quantitative estimate of drug-likeness (QED) is 0.609. The maximum atomic E-state index is 11.3. The molecular formula is C20H21N5O. The Morgan fingerprint density at radius 1 is 1.04 bits per heavy atom. The number of carbonyl (C=O) groups is 1. The van der Waals surface area contributed by atoms with E-state index in [4.69, 9.17) is 11.5 Å². The molecule has 1 amide bonds. The second-order valence-corrected chi connectivity index (χ2v) is 5.96. The number of primary amides is 1. The molecule has 1 aromatic carbocycles. The normalized spacial score (nSPS) is 11.7. The third kappa shape index (κ3) is 4.43. The Hall–Kier alpha value is -3.25. The maximum absolute atomic E-state index is 11.3. The molecule has 6 nitrogen and oxygen atoms in total. The Morgan fingerprint density at radius 2 is 1.85 bits per heavy atom. The number of aromatic nitrogens is 2. The van der Waals surface area contributed by atoms with Crippen molar-refractivity contribution in [1.82, 2.24) is 9.97 Å². The lowest BCUT2D eigenvalue weighted by Crippen LogP contribution is -2.15. The van der Waals surface area contributed by atoms with E-state index in [2.05, 4.69) is 15.3 Å². The first-order chi connectivity index (χ1) is 12.6. The second-order valence-electron chi connectivity index (χ2n) is 5.96. The summed E-state index contributed by atoms with van der Waals surface area (Å²) >= 11 is 0. The van der Waals surface area contributed by atoms with Gasteiger partial charge in [-0.25, -0.2) is 0 Å². The number of pyridine rings is 2. The van der Waals surface area contributed by atoms with Gasteiger partial charge < -0.3 is 16.8 Å². The zero-order valence-corrected chi connectivity index (χ0v) is 14.3. The molecule has 0 saturated carbocycles. The van der Waals surface area contributed by atoms with E-state index in [9.17, 15) is 4.79 Å². The van der Waals surface area contributed by atoms with Crippen molar-refractivity contribution in [2.45, 2.75) is 12.5 Å². The summed E-state index contributed by atoms with van der Waals surface area (Å²) in [4.78, 5) is 19.9. The Balaban J connectivity index is 1.61. The molecule has 0 bridgehead atoms. The highest BCUT2D eigenvalue weighted by Gasteiger charge is 2.09. The summed E-state index contributed by atoms with van der Waals surface area (Å²) in [6.45, 7) is 0.773. The van der Waals surface area contributed by atoms with E-state index in [0.717, 1.165) is 24.2 Å². The number of rotatable bonds is 7. The van der Waals surface area contributed by atoms with Crippen LogP contribution in [0.15, 0.2) is 67.0 Å². The number of carbonyl (C=O) groups excluding carboxylic acids is 1. The van der Waals surface area contributed by atoms with Gasteiger partial charge in [0, 0.05) is 36.2 Å². The van der Waals surface area contributed by atoms with Gasteiger partial charge in [0.05, 0.1) is 11.4 Å². The Labute approximate surface area is 152 Å². The minimum Gasteiger partial charge on any atom is -0.385 e. The second kappa shape index (κ2) is 8.22. The van der Waals surface area contributed by atoms with Crippen LogP contribution in [0.1, 0.15) is 28.4 Å². The van der Waals surface area contributed by atoms with Crippen molar-refractivity contribution >= 4 is 11.6 Å². The summed E-state index contributed by atoms with van der Waals surface area (Å²) in [5, 5.41) is 3.35. The molecular weight excluding hydrogens is 326 g/mol. The topological polar surface area (TPSA) is 107 Å². The number of benzene rings is 1. The molecule has 0 radical (unpaired) electrons. The van der Waals surface area contributed by atoms with Crippen LogP contribution < -0.4 is 16.8 Å². The molecule has 0 saturated heterocycles. The van der Waals surface area contributed by atoms with Crippen molar-refractivity contribution in [3.8, 4) is 11.4 Å². The fourth-order valence-corrected chi connectivity index (χ4v) is 2.59. The van der Waals surface area contributed by atoms with E-state index in [1.54, 1.807) is 24.5 Å². The summed E-state index contributed by atoms with van der Waals surface area (Å²) in [5.41, 5.74) is 15.3. The van der Waals surface area contributed by atoms with Crippen molar-refractivity contribution in [1.29, 1.82) is 0 Å². The van der Waals surface area contributed by atoms with Gasteiger partial charge in [-0.1, -0.05) is 24.3 Å². The van der Waals surface area contributed by atoms with Gasteiger partial charge in [0.2, 0.25) is 5.91 Å². The predicted octanol–water partition coefficient (Wildman–Crippen LogP) is 2.74. The molecule has 0 aliphatic carbocycles. The van der Waals surface area contributed by atoms with Crippen molar-refractivity contribution in [3.05, 3.63) is 78.1 Å². The number of nitrogens with zero attached hydrogens (tertiary/aromatic N) is 2. The van der Waals surface area contributed by atoms with Gasteiger partial charge in [0.1, 0.15) is 0 Å². The first kappa shape index (κ1) is 17.6. The van der Waals surface area contributed by atoms with Crippen LogP contribution in [0.2, 0.25) is 0 Å². The smallest absolute Gasteiger partial charge is 0.248 e. The monoisotopic (exact) mass is 347 g/mol. The van der Waals surface area contributed by atoms with Gasteiger partial charge in [0.25, 0.3) is 0 Å². The van der Waals surface area contributed by atoms with Crippen LogP contribution in [0.4, 0.5) is 5.69 Å². The van der Waals surface area contributed by atoms with Crippen LogP contribution in [-0.2, 0) is 0 Å². The summed E-state index contributed by atoms with van der Waals surface area (Å²) in [7, 11) is 0. The number of nitrogens with one attached hydrogen (secondary N) is 1. The highest BCUT2D eigenvalue weighted by atomic mass is 16.1. The third-order valence-electron chi connectivity index (χ3n) is 4.08. The van der Waals surface area contributed by atoms with Gasteiger partial charge in [-0.2, -0.15) is 0 Å². The molecule has 2 heterocycles. The molecule has 26 heavy (non-hydrogen) atoms. The van der Waals surface area contributed by atoms with Gasteiger partial charge >= 0.3 is 0 Å². The van der Waals surface area contributed by atoms with Crippen molar-refractivity contribution in [2.24, 2.45) is 11.5 Å². The van der Waals surface area contributed by atoms with Gasteiger partial charge in [0.15, 0.2) is 0 Å². The number of hydrogen-bond donors (Lipinski definition) is 3. The predicted molar refractivity (Wildman–Crippen MR) is 102 cm³/mol. The van der Waals surface area contributed by atoms with Crippen LogP contribution in [0.25, 0.3) is 11.4 Å². The number of anilines is 1. The molecule has 0 fully saturated rings. The third-order valence-corrected chi connectivity index (χ3v) is 4.08. The van der Waals surface area contributed by atoms with E-state index >= 15 is 0 Å². The highest BCUT2D eigenvalue weighted by molar-refractivity contribution is 5.93. The molecule has 132 valence electrons. The van der Waals surface area contributed by atoms with Crippen LogP contribution in [0.3, 0.4) is 0 Å². The summed E-state index contributed by atoms with van der Waals surface area (Å²) < 4.78 is 0. The number of hydrogen-bond acceptors (Lipinski definition) is 5. The van der Waals surface area contributed by atoms with E-state index in [1.165, 1.54) is 0 Å². The largest absolute Gasteiger partial charge is 0.385 e. The first-order valence-electron chi connectivity index (χ1n) is 8.40. The molecule has 2 aromatic heterocycles. The first-order valence-corrected chi connectivity index (χ1v) is 8.40. The van der Waals surface area contributed by atoms with E-state index < -0.39 is 5.91 Å². The molecule has 0 aliphatic rings. The van der Waals surface area contributed by atoms with Gasteiger partial charge in [-0.15, -0.1) is 0 Å². The number of amides is 1. The molecule has 5 N–H and O–H groups in total. The van der Waals surface area contributed by atoms with Crippen molar-refractivity contribution in [3.63, 3.8) is 0 Å². The number of para-hydroxylation sites is 1. The molecule has 3 aromatic rings. The van der Waals surface area contributed by atoms with Crippen LogP contribution >= 0.6 is 0 Å². The van der Waals surface area contributed by atoms with Gasteiger partial charge in [-0.05, 0) is 42.3 Å². The van der Waals surface area contributed by atoms with E-state index in [0.29, 0.717) is 17.0 Å². The van der Waals surface area contributed by atoms with Crippen LogP contribution in [0.5, 0.6) is 0 Å². The lowest BCUT2D eigenvalue weighted by molar-refractivity contribution is 0.1000. The summed E-state index contributed by atoms with van der Waals surface area (Å²) in [6.07, 6.45) is 4.08. The van der Waals surface area contributed by atoms with Crippen molar-refractivity contribution in [2.75, 3.05) is 11.9 Å². The molecule has 0 aliphatic heterocycles. The number of nitrogens with two attached hydrogens (primary N) is 2. The lowest BCUT2D eigenvalue weighted by atomic mass is 10.1. The molecule has 1 unspecified atom stereocenters. The Bertz CT molecular complexity index is 865. The summed E-state index contributed by atoms with van der Waals surface area (Å²) in [5.74, 6) is -0.488. The Morgan fingerprint density at radius 3 is 2.54 bits per heavy atom. The van der Waals surface area contributed by atoms with E-state index in [1.807, 2.05) is 42.5 Å². The van der Waals surface area contributed by atoms with Gasteiger partial charge in [-0.3, -0.25) is 14.8 Å². The zero-order chi connectivity index (χ0) is 18.4. The highest BCUT2D eigenvalue weighted by Crippen LogP contribution is 2.19. The average Bonchev–Trinajstić information content (AvgIpc) is 2.69. The standard InChI is InChI=1S/C20H21N5O/c21-17(9-11-23-16-4-2-1-3-5-16)15-6-7-18(25-13-15)19-12-14(20(22)26)8-10-24-19/h1-8,10,12-13,17,23H,9,11,21H2,(H2,22,26). The van der Waals surface area contributed by atoms with E-state index in [-0.39, 0.29) is 6.04 Å². The fourth-order valence-electron chi connectivity index (χ4n) is 2.59. The maximum Gasteiger partial charge on any atom is 0.248 e. The fraction of sp³-hybridized carbons (Fsp3) is 0.150. The van der Waals surface area contributed by atoms with Crippen LogP contribution in [-0.4, -0.2) is 22.4 Å². The van der Waals surface area contributed by atoms with Crippen LogP contribution in [0, 0.1) is 0 Å². The minimum absolute atomic E-state index is 0.113. The molecule has 1 atom stereocenters. The molecule has 3 rings (SSSR count). The minimum atomic E-state index is -0.488. The molecule has 6 heteroatoms. The lowest BCUT2D eigenvalue weighted by Gasteiger charge is -2.13. The summed E-state index contributed by atoms with van der Waals surface area (Å²) in [6, 6.07) is 16.9.